The lowest BCUT2D eigenvalue weighted by molar-refractivity contribution is -0.00860. The zero-order valence-corrected chi connectivity index (χ0v) is 22.5. The highest BCUT2D eigenvalue weighted by Gasteiger charge is 2.40. The van der Waals surface area contributed by atoms with Gasteiger partial charge in [0.05, 0.1) is 18.9 Å². The summed E-state index contributed by atoms with van der Waals surface area (Å²) in [6.45, 7) is 8.01. The number of aliphatic hydroxyl groups excluding tert-OH is 1. The molecule has 2 fully saturated rings. The van der Waals surface area contributed by atoms with E-state index < -0.39 is 22.9 Å². The molecule has 2 aromatic heterocycles. The fourth-order valence-corrected chi connectivity index (χ4v) is 6.09. The summed E-state index contributed by atoms with van der Waals surface area (Å²) in [5.74, 6) is 2.81. The summed E-state index contributed by atoms with van der Waals surface area (Å²) >= 11 is -0.781. The maximum atomic E-state index is 14.7. The third kappa shape index (κ3) is 5.44. The number of rotatable bonds is 7. The normalized spacial score (nSPS) is 23.4. The first-order chi connectivity index (χ1) is 17.6. The Hall–Kier alpha value is -2.76. The van der Waals surface area contributed by atoms with Crippen LogP contribution >= 0.6 is 0 Å². The number of piperidine rings is 1. The molecule has 37 heavy (non-hydrogen) atoms. The number of benzene rings is 1. The quantitative estimate of drug-likeness (QED) is 0.446. The molecule has 1 unspecified atom stereocenters. The Morgan fingerprint density at radius 2 is 2.00 bits per heavy atom. The Labute approximate surface area is 219 Å². The molecule has 3 atom stereocenters. The minimum absolute atomic E-state index is 0.0118. The van der Waals surface area contributed by atoms with Crippen molar-refractivity contribution in [1.82, 2.24) is 19.9 Å². The summed E-state index contributed by atoms with van der Waals surface area (Å²) in [6, 6.07) is 6.36. The van der Waals surface area contributed by atoms with Gasteiger partial charge in [-0.2, -0.15) is 4.98 Å². The fourth-order valence-electron chi connectivity index (χ4n) is 5.22. The van der Waals surface area contributed by atoms with Crippen molar-refractivity contribution in [2.24, 2.45) is 5.92 Å². The highest BCUT2D eigenvalue weighted by Crippen LogP contribution is 2.37. The Balaban J connectivity index is 1.39. The van der Waals surface area contributed by atoms with Crippen molar-refractivity contribution < 1.29 is 14.0 Å². The van der Waals surface area contributed by atoms with Crippen molar-refractivity contribution in [3.63, 3.8) is 0 Å². The standard InChI is InChI=1S/C26H34FN7O2S/c1-16(2)18-5-6-21(34-11-17(12-34)13-37(4)36)20-10-28-23(9-19(18)20)31-24-29-15-30-25(32-24)33-8-7-22(35)26(3,27)14-33/h5-6,9-10,15-17,22,35H,7-8,11-14H2,1-4H3,(H,28,29,30,31,32)/t22-,26+,37?/m0/s1. The zero-order chi connectivity index (χ0) is 26.3. The van der Waals surface area contributed by atoms with Gasteiger partial charge in [0.2, 0.25) is 11.9 Å². The maximum absolute atomic E-state index is 14.7. The molecule has 0 aliphatic carbocycles. The monoisotopic (exact) mass is 527 g/mol. The van der Waals surface area contributed by atoms with Crippen LogP contribution in [0, 0.1) is 5.92 Å². The largest absolute Gasteiger partial charge is 0.617 e. The van der Waals surface area contributed by atoms with Gasteiger partial charge in [-0.15, -0.1) is 0 Å². The molecule has 4 heterocycles. The molecule has 2 N–H and O–H groups in total. The number of hydrogen-bond donors (Lipinski definition) is 2. The van der Waals surface area contributed by atoms with E-state index in [-0.39, 0.29) is 6.54 Å². The van der Waals surface area contributed by atoms with Gasteiger partial charge in [0.25, 0.3) is 0 Å². The molecule has 2 aliphatic heterocycles. The molecule has 9 nitrogen and oxygen atoms in total. The number of halogens is 1. The second-order valence-electron chi connectivity index (χ2n) is 10.7. The summed E-state index contributed by atoms with van der Waals surface area (Å²) in [4.78, 5) is 21.7. The predicted octanol–water partition coefficient (Wildman–Crippen LogP) is 3.40. The van der Waals surface area contributed by atoms with Crippen molar-refractivity contribution in [2.75, 3.05) is 53.3 Å². The van der Waals surface area contributed by atoms with Crippen molar-refractivity contribution in [3.05, 3.63) is 36.3 Å². The SMILES string of the molecule is CC(C)c1ccc(N2CC(C[S+](C)[O-])C2)c2cnc(Nc3ncnc(N4CC[C@H](O)[C@](C)(F)C4)n3)cc12. The van der Waals surface area contributed by atoms with Crippen LogP contribution in [0.4, 0.5) is 27.8 Å². The first-order valence-corrected chi connectivity index (χ1v) is 14.4. The first-order valence-electron chi connectivity index (χ1n) is 12.7. The Bertz CT molecular complexity index is 1270. The first kappa shape index (κ1) is 25.9. The maximum Gasteiger partial charge on any atom is 0.233 e. The van der Waals surface area contributed by atoms with Crippen molar-refractivity contribution in [1.29, 1.82) is 0 Å². The number of hydrogen-bond acceptors (Lipinski definition) is 9. The van der Waals surface area contributed by atoms with Gasteiger partial charge in [-0.3, -0.25) is 0 Å². The van der Waals surface area contributed by atoms with E-state index >= 15 is 0 Å². The van der Waals surface area contributed by atoms with Crippen LogP contribution in [0.5, 0.6) is 0 Å². The van der Waals surface area contributed by atoms with Gasteiger partial charge in [0, 0.05) is 42.8 Å². The number of nitrogens with one attached hydrogen (secondary N) is 1. The molecule has 198 valence electrons. The minimum Gasteiger partial charge on any atom is -0.617 e. The van der Waals surface area contributed by atoms with E-state index in [2.05, 4.69) is 56.1 Å². The van der Waals surface area contributed by atoms with Crippen LogP contribution in [-0.2, 0) is 11.2 Å². The van der Waals surface area contributed by atoms with Gasteiger partial charge in [0.15, 0.2) is 5.67 Å². The Morgan fingerprint density at radius 3 is 2.70 bits per heavy atom. The molecule has 0 radical (unpaired) electrons. The molecule has 11 heteroatoms. The summed E-state index contributed by atoms with van der Waals surface area (Å²) in [5.41, 5.74) is 0.634. The van der Waals surface area contributed by atoms with Crippen molar-refractivity contribution in [2.45, 2.75) is 44.9 Å². The van der Waals surface area contributed by atoms with Crippen LogP contribution in [0.2, 0.25) is 0 Å². The lowest BCUT2D eigenvalue weighted by Gasteiger charge is -2.41. The lowest BCUT2D eigenvalue weighted by Crippen LogP contribution is -2.52. The molecule has 1 aromatic carbocycles. The topological polar surface area (TPSA) is 113 Å². The van der Waals surface area contributed by atoms with E-state index in [1.165, 1.54) is 18.8 Å². The van der Waals surface area contributed by atoms with Crippen molar-refractivity contribution >= 4 is 45.4 Å². The van der Waals surface area contributed by atoms with E-state index in [1.807, 2.05) is 12.3 Å². The number of nitrogens with zero attached hydrogens (tertiary/aromatic N) is 6. The molecule has 2 saturated heterocycles. The van der Waals surface area contributed by atoms with Gasteiger partial charge in [0.1, 0.15) is 17.9 Å². The smallest absolute Gasteiger partial charge is 0.233 e. The molecular formula is C26H34FN7O2S. The number of aliphatic hydroxyl groups is 1. The molecule has 5 rings (SSSR count). The minimum atomic E-state index is -1.73. The summed E-state index contributed by atoms with van der Waals surface area (Å²) in [5, 5.41) is 15.3. The summed E-state index contributed by atoms with van der Waals surface area (Å²) in [7, 11) is 0. The Morgan fingerprint density at radius 1 is 1.22 bits per heavy atom. The van der Waals surface area contributed by atoms with Gasteiger partial charge in [-0.1, -0.05) is 31.1 Å². The molecule has 0 bridgehead atoms. The van der Waals surface area contributed by atoms with E-state index in [1.54, 1.807) is 11.2 Å². The van der Waals surface area contributed by atoms with Gasteiger partial charge in [-0.25, -0.2) is 19.3 Å². The predicted molar refractivity (Wildman–Crippen MR) is 146 cm³/mol. The van der Waals surface area contributed by atoms with Crippen LogP contribution in [0.25, 0.3) is 10.8 Å². The summed E-state index contributed by atoms with van der Waals surface area (Å²) < 4.78 is 26.3. The van der Waals surface area contributed by atoms with E-state index in [4.69, 9.17) is 0 Å². The average Bonchev–Trinajstić information content (AvgIpc) is 2.82. The number of anilines is 4. The molecule has 0 saturated carbocycles. The van der Waals surface area contributed by atoms with E-state index in [0.717, 1.165) is 35.3 Å². The number of aromatic nitrogens is 4. The van der Waals surface area contributed by atoms with Crippen LogP contribution in [0.15, 0.2) is 30.7 Å². The van der Waals surface area contributed by atoms with E-state index in [9.17, 15) is 14.0 Å². The fraction of sp³-hybridized carbons (Fsp3) is 0.538. The highest BCUT2D eigenvalue weighted by atomic mass is 32.2. The number of pyridine rings is 1. The highest BCUT2D eigenvalue weighted by molar-refractivity contribution is 7.90. The van der Waals surface area contributed by atoms with E-state index in [0.29, 0.717) is 42.5 Å². The Kier molecular flexibility index (Phi) is 7.12. The number of alkyl halides is 1. The zero-order valence-electron chi connectivity index (χ0n) is 21.7. The molecular weight excluding hydrogens is 493 g/mol. The van der Waals surface area contributed by atoms with Crippen LogP contribution in [0.1, 0.15) is 38.7 Å². The lowest BCUT2D eigenvalue weighted by atomic mass is 9.93. The third-order valence-electron chi connectivity index (χ3n) is 7.25. The molecule has 3 aromatic rings. The van der Waals surface area contributed by atoms with Crippen molar-refractivity contribution in [3.8, 4) is 0 Å². The third-order valence-corrected chi connectivity index (χ3v) is 8.19. The van der Waals surface area contributed by atoms with Gasteiger partial charge in [-0.05, 0) is 42.3 Å². The molecule has 2 aliphatic rings. The average molecular weight is 528 g/mol. The van der Waals surface area contributed by atoms with Gasteiger partial charge < -0.3 is 24.8 Å². The molecule has 0 spiro atoms. The second kappa shape index (κ2) is 10.2. The number of fused-ring (bicyclic) bond motifs is 1. The van der Waals surface area contributed by atoms with Gasteiger partial charge >= 0.3 is 0 Å². The van der Waals surface area contributed by atoms with Crippen LogP contribution in [-0.4, -0.2) is 79.6 Å². The molecule has 0 amide bonds. The van der Waals surface area contributed by atoms with Crippen LogP contribution < -0.4 is 15.1 Å². The second-order valence-corrected chi connectivity index (χ2v) is 12.2. The summed E-state index contributed by atoms with van der Waals surface area (Å²) in [6.07, 6.45) is 4.35. The van der Waals surface area contributed by atoms with Crippen LogP contribution in [0.3, 0.4) is 0 Å².